The van der Waals surface area contributed by atoms with Gasteiger partial charge in [-0.15, -0.1) is 0 Å². The third-order valence-electron chi connectivity index (χ3n) is 2.19. The highest BCUT2D eigenvalue weighted by atomic mass is 32.2. The van der Waals surface area contributed by atoms with Gasteiger partial charge in [0, 0.05) is 18.6 Å². The van der Waals surface area contributed by atoms with Crippen molar-refractivity contribution >= 4 is 11.8 Å². The van der Waals surface area contributed by atoms with Crippen LogP contribution in [0.15, 0.2) is 40.9 Å². The van der Waals surface area contributed by atoms with Crippen LogP contribution in [-0.2, 0) is 0 Å². The second-order valence-electron chi connectivity index (χ2n) is 3.75. The summed E-state index contributed by atoms with van der Waals surface area (Å²) in [5.41, 5.74) is 1.87. The third kappa shape index (κ3) is 3.25. The summed E-state index contributed by atoms with van der Waals surface area (Å²) in [6.45, 7) is 3.67. The first-order chi connectivity index (χ1) is 8.15. The van der Waals surface area contributed by atoms with Crippen LogP contribution in [0.5, 0.6) is 0 Å². The van der Waals surface area contributed by atoms with E-state index in [0.29, 0.717) is 5.16 Å². The molecule has 2 aromatic rings. The van der Waals surface area contributed by atoms with Gasteiger partial charge in [-0.05, 0) is 48.9 Å². The molecule has 2 heterocycles. The molecule has 88 valence electrons. The molecule has 0 bridgehead atoms. The van der Waals surface area contributed by atoms with Crippen LogP contribution in [0.1, 0.15) is 24.2 Å². The van der Waals surface area contributed by atoms with Gasteiger partial charge in [-0.3, -0.25) is 0 Å². The Morgan fingerprint density at radius 2 is 1.94 bits per heavy atom. The molecular weight excluding hydrogens is 234 g/mol. The van der Waals surface area contributed by atoms with Crippen LogP contribution < -0.4 is 0 Å². The molecule has 2 rings (SSSR count). The summed E-state index contributed by atoms with van der Waals surface area (Å²) < 4.78 is 0. The van der Waals surface area contributed by atoms with Gasteiger partial charge in [0.2, 0.25) is 0 Å². The molecule has 0 aliphatic heterocycles. The first-order valence-electron chi connectivity index (χ1n) is 5.25. The molecule has 5 heteroatoms. The lowest BCUT2D eigenvalue weighted by molar-refractivity contribution is 0.199. The van der Waals surface area contributed by atoms with E-state index in [1.165, 1.54) is 11.8 Å². The van der Waals surface area contributed by atoms with Crippen LogP contribution in [0.2, 0.25) is 0 Å². The number of hydrogen-bond acceptors (Lipinski definition) is 5. The molecule has 2 aromatic heterocycles. The fourth-order valence-electron chi connectivity index (χ4n) is 1.27. The average Bonchev–Trinajstić information content (AvgIpc) is 2.32. The SMILES string of the molecule is Cc1cnc(Sc2cc(C(C)O)ccn2)nc1. The maximum atomic E-state index is 9.48. The van der Waals surface area contributed by atoms with Crippen molar-refractivity contribution < 1.29 is 5.11 Å². The number of aryl methyl sites for hydroxylation is 1. The number of aliphatic hydroxyl groups is 1. The minimum atomic E-state index is -0.490. The number of aromatic nitrogens is 3. The second-order valence-corrected chi connectivity index (χ2v) is 4.74. The Morgan fingerprint density at radius 3 is 2.59 bits per heavy atom. The Kier molecular flexibility index (Phi) is 3.71. The molecule has 0 fully saturated rings. The van der Waals surface area contributed by atoms with Gasteiger partial charge in [0.1, 0.15) is 5.03 Å². The average molecular weight is 247 g/mol. The van der Waals surface area contributed by atoms with E-state index >= 15 is 0 Å². The molecule has 4 nitrogen and oxygen atoms in total. The van der Waals surface area contributed by atoms with Crippen LogP contribution in [0, 0.1) is 6.92 Å². The van der Waals surface area contributed by atoms with Crippen LogP contribution in [0.25, 0.3) is 0 Å². The van der Waals surface area contributed by atoms with Crippen molar-refractivity contribution in [3.63, 3.8) is 0 Å². The van der Waals surface area contributed by atoms with Crippen molar-refractivity contribution in [2.24, 2.45) is 0 Å². The van der Waals surface area contributed by atoms with Crippen molar-refractivity contribution in [3.8, 4) is 0 Å². The maximum absolute atomic E-state index is 9.48. The lowest BCUT2D eigenvalue weighted by atomic mass is 10.2. The maximum Gasteiger partial charge on any atom is 0.193 e. The number of nitrogens with zero attached hydrogens (tertiary/aromatic N) is 3. The number of hydrogen-bond donors (Lipinski definition) is 1. The third-order valence-corrected chi connectivity index (χ3v) is 3.02. The molecular formula is C12H13N3OS. The van der Waals surface area contributed by atoms with E-state index in [-0.39, 0.29) is 0 Å². The first kappa shape index (κ1) is 12.0. The van der Waals surface area contributed by atoms with Crippen molar-refractivity contribution in [3.05, 3.63) is 41.9 Å². The van der Waals surface area contributed by atoms with Gasteiger partial charge in [-0.2, -0.15) is 0 Å². The van der Waals surface area contributed by atoms with Crippen LogP contribution >= 0.6 is 11.8 Å². The zero-order valence-corrected chi connectivity index (χ0v) is 10.5. The molecule has 1 unspecified atom stereocenters. The highest BCUT2D eigenvalue weighted by Gasteiger charge is 2.05. The van der Waals surface area contributed by atoms with E-state index < -0.39 is 6.10 Å². The Bertz CT molecular complexity index is 499. The summed E-state index contributed by atoms with van der Waals surface area (Å²) in [6, 6.07) is 3.64. The van der Waals surface area contributed by atoms with E-state index in [0.717, 1.165) is 16.2 Å². The zero-order chi connectivity index (χ0) is 12.3. The predicted molar refractivity (Wildman–Crippen MR) is 65.8 cm³/mol. The van der Waals surface area contributed by atoms with Crippen molar-refractivity contribution in [1.82, 2.24) is 15.0 Å². The van der Waals surface area contributed by atoms with Crippen molar-refractivity contribution in [2.75, 3.05) is 0 Å². The van der Waals surface area contributed by atoms with Crippen LogP contribution in [-0.4, -0.2) is 20.1 Å². The van der Waals surface area contributed by atoms with E-state index in [1.807, 2.05) is 13.0 Å². The number of aliphatic hydroxyl groups excluding tert-OH is 1. The Morgan fingerprint density at radius 1 is 1.24 bits per heavy atom. The van der Waals surface area contributed by atoms with Gasteiger partial charge in [0.05, 0.1) is 6.10 Å². The van der Waals surface area contributed by atoms with E-state index in [4.69, 9.17) is 0 Å². The summed E-state index contributed by atoms with van der Waals surface area (Å²) in [5.74, 6) is 0. The van der Waals surface area contributed by atoms with Crippen molar-refractivity contribution in [2.45, 2.75) is 30.1 Å². The Balaban J connectivity index is 2.18. The van der Waals surface area contributed by atoms with E-state index in [2.05, 4.69) is 15.0 Å². The monoisotopic (exact) mass is 247 g/mol. The molecule has 0 aromatic carbocycles. The predicted octanol–water partition coefficient (Wildman–Crippen LogP) is 2.38. The molecule has 0 saturated heterocycles. The Labute approximate surface area is 104 Å². The minimum Gasteiger partial charge on any atom is -0.389 e. The molecule has 0 amide bonds. The molecule has 17 heavy (non-hydrogen) atoms. The number of pyridine rings is 1. The first-order valence-corrected chi connectivity index (χ1v) is 6.07. The topological polar surface area (TPSA) is 58.9 Å². The van der Waals surface area contributed by atoms with Gasteiger partial charge in [0.15, 0.2) is 5.16 Å². The molecule has 0 saturated carbocycles. The molecule has 1 N–H and O–H groups in total. The molecule has 0 spiro atoms. The summed E-state index contributed by atoms with van der Waals surface area (Å²) >= 11 is 1.38. The fourth-order valence-corrected chi connectivity index (χ4v) is 1.97. The summed E-state index contributed by atoms with van der Waals surface area (Å²) in [5, 5.41) is 10.9. The van der Waals surface area contributed by atoms with Gasteiger partial charge in [-0.1, -0.05) is 0 Å². The largest absolute Gasteiger partial charge is 0.389 e. The summed E-state index contributed by atoms with van der Waals surface area (Å²) in [6.07, 6.45) is 4.73. The van der Waals surface area contributed by atoms with Crippen LogP contribution in [0.3, 0.4) is 0 Å². The lowest BCUT2D eigenvalue weighted by Gasteiger charge is -2.05. The highest BCUT2D eigenvalue weighted by molar-refractivity contribution is 7.99. The quantitative estimate of drug-likeness (QED) is 0.844. The highest BCUT2D eigenvalue weighted by Crippen LogP contribution is 2.24. The van der Waals surface area contributed by atoms with Crippen LogP contribution in [0.4, 0.5) is 0 Å². The molecule has 1 atom stereocenters. The summed E-state index contributed by atoms with van der Waals surface area (Å²) in [7, 11) is 0. The normalized spacial score (nSPS) is 12.4. The number of rotatable bonds is 3. The zero-order valence-electron chi connectivity index (χ0n) is 9.66. The van der Waals surface area contributed by atoms with Gasteiger partial charge >= 0.3 is 0 Å². The standard InChI is InChI=1S/C12H13N3OS/c1-8-6-14-12(15-7-8)17-11-5-10(9(2)16)3-4-13-11/h3-7,9,16H,1-2H3. The van der Waals surface area contributed by atoms with E-state index in [1.54, 1.807) is 31.6 Å². The summed E-state index contributed by atoms with van der Waals surface area (Å²) in [4.78, 5) is 12.6. The van der Waals surface area contributed by atoms with E-state index in [9.17, 15) is 5.11 Å². The van der Waals surface area contributed by atoms with Crippen molar-refractivity contribution in [1.29, 1.82) is 0 Å². The van der Waals surface area contributed by atoms with Gasteiger partial charge < -0.3 is 5.11 Å². The fraction of sp³-hybridized carbons (Fsp3) is 0.250. The minimum absolute atomic E-state index is 0.490. The molecule has 0 aliphatic rings. The van der Waals surface area contributed by atoms with Gasteiger partial charge in [0.25, 0.3) is 0 Å². The molecule has 0 aliphatic carbocycles. The lowest BCUT2D eigenvalue weighted by Crippen LogP contribution is -1.93. The second kappa shape index (κ2) is 5.25. The molecule has 0 radical (unpaired) electrons. The van der Waals surface area contributed by atoms with Gasteiger partial charge in [-0.25, -0.2) is 15.0 Å². The Hall–Kier alpha value is -1.46. The smallest absolute Gasteiger partial charge is 0.193 e.